The highest BCUT2D eigenvalue weighted by Gasteiger charge is 2.24. The predicted molar refractivity (Wildman–Crippen MR) is 137 cm³/mol. The third-order valence-corrected chi connectivity index (χ3v) is 7.02. The van der Waals surface area contributed by atoms with Gasteiger partial charge in [-0.3, -0.25) is 15.1 Å². The molecule has 34 heavy (non-hydrogen) atoms. The molecule has 2 heterocycles. The Balaban J connectivity index is 1.35. The van der Waals surface area contributed by atoms with Crippen LogP contribution in [0.25, 0.3) is 11.1 Å². The molecule has 0 bridgehead atoms. The number of rotatable bonds is 6. The Hall–Kier alpha value is -3.71. The fraction of sp³-hybridized carbons (Fsp3) is 0.222. The Morgan fingerprint density at radius 3 is 2.71 bits per heavy atom. The van der Waals surface area contributed by atoms with Gasteiger partial charge < -0.3 is 10.1 Å². The first-order chi connectivity index (χ1) is 16.6. The number of nitrogens with one attached hydrogen (secondary N) is 2. The Labute approximate surface area is 203 Å². The average molecular weight is 471 g/mol. The number of thiazole rings is 1. The second kappa shape index (κ2) is 9.65. The van der Waals surface area contributed by atoms with Crippen LogP contribution in [0.4, 0.5) is 10.8 Å². The van der Waals surface area contributed by atoms with Gasteiger partial charge in [0.1, 0.15) is 5.75 Å². The summed E-state index contributed by atoms with van der Waals surface area (Å²) in [6.07, 6.45) is 4.43. The van der Waals surface area contributed by atoms with Crippen LogP contribution in [0.15, 0.2) is 66.9 Å². The van der Waals surface area contributed by atoms with Crippen LogP contribution < -0.4 is 15.4 Å². The third-order valence-electron chi connectivity index (χ3n) is 5.99. The van der Waals surface area contributed by atoms with E-state index in [0.717, 1.165) is 47.5 Å². The molecular weight excluding hydrogens is 444 g/mol. The molecule has 1 atom stereocenters. The molecule has 6 nitrogen and oxygen atoms in total. The van der Waals surface area contributed by atoms with E-state index in [1.54, 1.807) is 24.6 Å². The maximum Gasteiger partial charge on any atom is 0.259 e. The van der Waals surface area contributed by atoms with Crippen molar-refractivity contribution in [1.29, 1.82) is 0 Å². The molecule has 0 radical (unpaired) electrons. The summed E-state index contributed by atoms with van der Waals surface area (Å²) in [5, 5.41) is 7.25. The SMILES string of the molecule is COc1ccccc1-c1cc(C)ncc1C(=O)Nc1nc2c(s1)C[C@H](Nc1ccccc1)CC2. The zero-order chi connectivity index (χ0) is 23.5. The number of carbonyl (C=O) groups is 1. The van der Waals surface area contributed by atoms with Crippen molar-refractivity contribution in [3.05, 3.63) is 88.7 Å². The van der Waals surface area contributed by atoms with Gasteiger partial charge >= 0.3 is 0 Å². The summed E-state index contributed by atoms with van der Waals surface area (Å²) in [7, 11) is 1.63. The van der Waals surface area contributed by atoms with Crippen molar-refractivity contribution < 1.29 is 9.53 Å². The van der Waals surface area contributed by atoms with Crippen molar-refractivity contribution in [1.82, 2.24) is 9.97 Å². The van der Waals surface area contributed by atoms with Gasteiger partial charge in [0.05, 0.1) is 18.4 Å². The van der Waals surface area contributed by atoms with Crippen molar-refractivity contribution in [2.45, 2.75) is 32.2 Å². The number of fused-ring (bicyclic) bond motifs is 1. The number of carbonyl (C=O) groups excluding carboxylic acids is 1. The molecule has 0 fully saturated rings. The maximum atomic E-state index is 13.3. The standard InChI is InChI=1S/C27H26N4O2S/c1-17-14-21(20-10-6-7-11-24(20)33-2)22(16-28-17)26(32)31-27-30-23-13-12-19(15-25(23)34-27)29-18-8-4-3-5-9-18/h3-11,14,16,19,29H,12-13,15H2,1-2H3,(H,30,31,32)/t19-/m1/s1. The molecule has 2 aromatic carbocycles. The van der Waals surface area contributed by atoms with Gasteiger partial charge in [0, 0.05) is 46.0 Å². The van der Waals surface area contributed by atoms with Gasteiger partial charge in [0.15, 0.2) is 5.13 Å². The molecule has 0 saturated heterocycles. The first-order valence-electron chi connectivity index (χ1n) is 11.3. The number of nitrogens with zero attached hydrogens (tertiary/aromatic N) is 2. The quantitative estimate of drug-likeness (QED) is 0.376. The number of pyridine rings is 1. The molecule has 0 spiro atoms. The van der Waals surface area contributed by atoms with Crippen LogP contribution in [0.3, 0.4) is 0 Å². The van der Waals surface area contributed by atoms with Crippen molar-refractivity contribution in [3.8, 4) is 16.9 Å². The van der Waals surface area contributed by atoms with Crippen molar-refractivity contribution in [2.24, 2.45) is 0 Å². The smallest absolute Gasteiger partial charge is 0.259 e. The van der Waals surface area contributed by atoms with Gasteiger partial charge in [-0.1, -0.05) is 36.4 Å². The monoisotopic (exact) mass is 470 g/mol. The molecule has 2 N–H and O–H groups in total. The molecule has 4 aromatic rings. The number of ether oxygens (including phenoxy) is 1. The summed E-state index contributed by atoms with van der Waals surface area (Å²) in [6.45, 7) is 1.91. The first-order valence-corrected chi connectivity index (χ1v) is 12.1. The third kappa shape index (κ3) is 4.65. The topological polar surface area (TPSA) is 76.1 Å². The Morgan fingerprint density at radius 1 is 1.09 bits per heavy atom. The minimum atomic E-state index is -0.224. The van der Waals surface area contributed by atoms with E-state index in [2.05, 4.69) is 27.8 Å². The van der Waals surface area contributed by atoms with Gasteiger partial charge in [-0.15, -0.1) is 11.3 Å². The summed E-state index contributed by atoms with van der Waals surface area (Å²) in [4.78, 5) is 23.6. The number of methoxy groups -OCH3 is 1. The van der Waals surface area contributed by atoms with E-state index in [-0.39, 0.29) is 5.91 Å². The van der Waals surface area contributed by atoms with Crippen LogP contribution in [0.2, 0.25) is 0 Å². The lowest BCUT2D eigenvalue weighted by Crippen LogP contribution is -2.26. The van der Waals surface area contributed by atoms with E-state index in [1.165, 1.54) is 4.88 Å². The van der Waals surface area contributed by atoms with E-state index < -0.39 is 0 Å². The normalized spacial score (nSPS) is 14.8. The summed E-state index contributed by atoms with van der Waals surface area (Å²) in [6, 6.07) is 20.2. The molecule has 172 valence electrons. The fourth-order valence-corrected chi connectivity index (χ4v) is 5.40. The van der Waals surface area contributed by atoms with Crippen molar-refractivity contribution in [2.75, 3.05) is 17.7 Å². The number of aryl methyl sites for hydroxylation is 2. The van der Waals surface area contributed by atoms with Gasteiger partial charge in [-0.2, -0.15) is 0 Å². The Bertz CT molecular complexity index is 1320. The van der Waals surface area contributed by atoms with Crippen LogP contribution in [-0.2, 0) is 12.8 Å². The highest BCUT2D eigenvalue weighted by atomic mass is 32.1. The Kier molecular flexibility index (Phi) is 6.27. The number of aromatic nitrogens is 2. The lowest BCUT2D eigenvalue weighted by Gasteiger charge is -2.23. The van der Waals surface area contributed by atoms with Crippen LogP contribution >= 0.6 is 11.3 Å². The van der Waals surface area contributed by atoms with E-state index >= 15 is 0 Å². The number of benzene rings is 2. The van der Waals surface area contributed by atoms with Gasteiger partial charge in [0.25, 0.3) is 5.91 Å². The minimum Gasteiger partial charge on any atom is -0.496 e. The second-order valence-corrected chi connectivity index (χ2v) is 9.45. The zero-order valence-electron chi connectivity index (χ0n) is 19.2. The van der Waals surface area contributed by atoms with Crippen LogP contribution in [-0.4, -0.2) is 29.0 Å². The summed E-state index contributed by atoms with van der Waals surface area (Å²) in [5.74, 6) is 0.488. The second-order valence-electron chi connectivity index (χ2n) is 8.36. The molecule has 1 amide bonds. The van der Waals surface area contributed by atoms with E-state index in [0.29, 0.717) is 22.5 Å². The molecular formula is C27H26N4O2S. The number of para-hydroxylation sites is 2. The van der Waals surface area contributed by atoms with E-state index in [1.807, 2.05) is 55.5 Å². The molecule has 5 rings (SSSR count). The van der Waals surface area contributed by atoms with Crippen molar-refractivity contribution >= 4 is 28.1 Å². The molecule has 7 heteroatoms. The predicted octanol–water partition coefficient (Wildman–Crippen LogP) is 5.74. The van der Waals surface area contributed by atoms with Crippen LogP contribution in [0, 0.1) is 6.92 Å². The number of anilines is 2. The van der Waals surface area contributed by atoms with E-state index in [9.17, 15) is 4.79 Å². The molecule has 1 aliphatic rings. The number of hydrogen-bond donors (Lipinski definition) is 2. The Morgan fingerprint density at radius 2 is 1.88 bits per heavy atom. The summed E-state index contributed by atoms with van der Waals surface area (Å²) in [5.41, 5.74) is 5.18. The zero-order valence-corrected chi connectivity index (χ0v) is 20.0. The molecule has 0 unspecified atom stereocenters. The number of amides is 1. The highest BCUT2D eigenvalue weighted by Crippen LogP contribution is 2.34. The largest absolute Gasteiger partial charge is 0.496 e. The number of hydrogen-bond acceptors (Lipinski definition) is 6. The molecule has 0 saturated carbocycles. The average Bonchev–Trinajstić information content (AvgIpc) is 3.26. The van der Waals surface area contributed by atoms with E-state index in [4.69, 9.17) is 9.72 Å². The van der Waals surface area contributed by atoms with Crippen molar-refractivity contribution in [3.63, 3.8) is 0 Å². The maximum absolute atomic E-state index is 13.3. The minimum absolute atomic E-state index is 0.224. The summed E-state index contributed by atoms with van der Waals surface area (Å²) < 4.78 is 5.53. The summed E-state index contributed by atoms with van der Waals surface area (Å²) >= 11 is 1.56. The van der Waals surface area contributed by atoms with Crippen LogP contribution in [0.1, 0.15) is 33.0 Å². The lowest BCUT2D eigenvalue weighted by atomic mass is 9.97. The van der Waals surface area contributed by atoms with Crippen LogP contribution in [0.5, 0.6) is 5.75 Å². The molecule has 2 aromatic heterocycles. The fourth-order valence-electron chi connectivity index (χ4n) is 4.32. The lowest BCUT2D eigenvalue weighted by molar-refractivity contribution is 0.102. The molecule has 0 aliphatic heterocycles. The first kappa shape index (κ1) is 22.1. The van der Waals surface area contributed by atoms with Gasteiger partial charge in [0.2, 0.25) is 0 Å². The van der Waals surface area contributed by atoms with Gasteiger partial charge in [-0.05, 0) is 44.0 Å². The molecule has 1 aliphatic carbocycles. The highest BCUT2D eigenvalue weighted by molar-refractivity contribution is 7.15. The van der Waals surface area contributed by atoms with Gasteiger partial charge in [-0.25, -0.2) is 4.98 Å².